The third-order valence-electron chi connectivity index (χ3n) is 3.66. The molecule has 2 rings (SSSR count). The molecule has 2 aromatic rings. The summed E-state index contributed by atoms with van der Waals surface area (Å²) in [5, 5.41) is 14.6. The standard InChI is InChI=1S/C17H20N2O5S/c1-3-19(4-2)14-10-12(17(20)21)11-15(25(18,22)23)16(14)24-13-8-6-5-7-9-13/h5-11H,3-4H2,1-2H3,(H,20,21)(H2,18,22,23). The third-order valence-corrected chi connectivity index (χ3v) is 4.57. The van der Waals surface area contributed by atoms with Crippen molar-refractivity contribution < 1.29 is 23.1 Å². The number of benzene rings is 2. The molecule has 0 radical (unpaired) electrons. The van der Waals surface area contributed by atoms with Crippen molar-refractivity contribution in [3.05, 3.63) is 48.0 Å². The van der Waals surface area contributed by atoms with Gasteiger partial charge in [-0.25, -0.2) is 18.4 Å². The Morgan fingerprint density at radius 1 is 1.16 bits per heavy atom. The van der Waals surface area contributed by atoms with Gasteiger partial charge in [0.2, 0.25) is 10.0 Å². The van der Waals surface area contributed by atoms with Crippen LogP contribution in [0.15, 0.2) is 47.4 Å². The van der Waals surface area contributed by atoms with Crippen LogP contribution in [-0.2, 0) is 10.0 Å². The van der Waals surface area contributed by atoms with E-state index >= 15 is 0 Å². The maximum atomic E-state index is 12.1. The summed E-state index contributed by atoms with van der Waals surface area (Å²) >= 11 is 0. The quantitative estimate of drug-likeness (QED) is 0.781. The van der Waals surface area contributed by atoms with E-state index in [-0.39, 0.29) is 16.2 Å². The number of primary sulfonamides is 1. The summed E-state index contributed by atoms with van der Waals surface area (Å²) in [5.41, 5.74) is 0.184. The van der Waals surface area contributed by atoms with Crippen LogP contribution in [0.1, 0.15) is 24.2 Å². The number of aromatic carboxylic acids is 1. The van der Waals surface area contributed by atoms with Crippen molar-refractivity contribution in [2.45, 2.75) is 18.7 Å². The van der Waals surface area contributed by atoms with Crippen LogP contribution in [0, 0.1) is 0 Å². The van der Waals surface area contributed by atoms with Gasteiger partial charge in [0.15, 0.2) is 5.75 Å². The fraction of sp³-hybridized carbons (Fsp3) is 0.235. The smallest absolute Gasteiger partial charge is 0.335 e. The molecule has 0 aliphatic heterocycles. The summed E-state index contributed by atoms with van der Waals surface area (Å²) < 4.78 is 29.9. The first kappa shape index (κ1) is 18.8. The third kappa shape index (κ3) is 4.28. The Morgan fingerprint density at radius 3 is 2.24 bits per heavy atom. The van der Waals surface area contributed by atoms with E-state index in [4.69, 9.17) is 9.88 Å². The molecule has 0 unspecified atom stereocenters. The predicted octanol–water partition coefficient (Wildman–Crippen LogP) is 2.67. The van der Waals surface area contributed by atoms with E-state index in [1.807, 2.05) is 13.8 Å². The summed E-state index contributed by atoms with van der Waals surface area (Å²) in [6.07, 6.45) is 0. The number of carboxylic acids is 1. The average molecular weight is 364 g/mol. The second-order valence-electron chi connectivity index (χ2n) is 5.26. The molecule has 0 heterocycles. The SMILES string of the molecule is CCN(CC)c1cc(C(=O)O)cc(S(N)(=O)=O)c1Oc1ccccc1. The van der Waals surface area contributed by atoms with E-state index in [2.05, 4.69) is 0 Å². The first-order valence-corrected chi connectivity index (χ1v) is 9.24. The number of nitrogens with two attached hydrogens (primary N) is 1. The fourth-order valence-electron chi connectivity index (χ4n) is 2.43. The Morgan fingerprint density at radius 2 is 1.76 bits per heavy atom. The minimum atomic E-state index is -4.20. The number of carbonyl (C=O) groups is 1. The Bertz CT molecular complexity index is 862. The number of hydrogen-bond acceptors (Lipinski definition) is 5. The van der Waals surface area contributed by atoms with E-state index in [0.29, 0.717) is 24.5 Å². The van der Waals surface area contributed by atoms with Crippen molar-refractivity contribution in [1.29, 1.82) is 0 Å². The molecule has 0 aliphatic carbocycles. The van der Waals surface area contributed by atoms with Crippen molar-refractivity contribution in [3.8, 4) is 11.5 Å². The molecule has 0 atom stereocenters. The van der Waals surface area contributed by atoms with Crippen LogP contribution in [0.5, 0.6) is 11.5 Å². The zero-order chi connectivity index (χ0) is 18.6. The number of rotatable bonds is 7. The highest BCUT2D eigenvalue weighted by molar-refractivity contribution is 7.89. The van der Waals surface area contributed by atoms with Gasteiger partial charge in [0.1, 0.15) is 10.6 Å². The molecular formula is C17H20N2O5S. The van der Waals surface area contributed by atoms with Crippen LogP contribution in [-0.4, -0.2) is 32.6 Å². The summed E-state index contributed by atoms with van der Waals surface area (Å²) in [5.74, 6) is -0.809. The zero-order valence-electron chi connectivity index (χ0n) is 14.0. The largest absolute Gasteiger partial charge is 0.478 e. The van der Waals surface area contributed by atoms with Crippen LogP contribution in [0.25, 0.3) is 0 Å². The van der Waals surface area contributed by atoms with Gasteiger partial charge in [-0.1, -0.05) is 18.2 Å². The number of nitrogens with zero attached hydrogens (tertiary/aromatic N) is 1. The molecule has 0 aliphatic rings. The molecule has 134 valence electrons. The molecule has 0 bridgehead atoms. The zero-order valence-corrected chi connectivity index (χ0v) is 14.8. The molecule has 0 saturated heterocycles. The van der Waals surface area contributed by atoms with Crippen molar-refractivity contribution >= 4 is 21.7 Å². The molecule has 25 heavy (non-hydrogen) atoms. The summed E-state index contributed by atoms with van der Waals surface area (Å²) in [7, 11) is -4.20. The van der Waals surface area contributed by atoms with Gasteiger partial charge in [-0.05, 0) is 38.1 Å². The van der Waals surface area contributed by atoms with Gasteiger partial charge in [-0.3, -0.25) is 0 Å². The van der Waals surface area contributed by atoms with E-state index < -0.39 is 16.0 Å². The summed E-state index contributed by atoms with van der Waals surface area (Å²) in [4.78, 5) is 12.8. The highest BCUT2D eigenvalue weighted by atomic mass is 32.2. The minimum absolute atomic E-state index is 0.0161. The van der Waals surface area contributed by atoms with Gasteiger partial charge in [-0.2, -0.15) is 0 Å². The van der Waals surface area contributed by atoms with Crippen LogP contribution in [0.2, 0.25) is 0 Å². The first-order chi connectivity index (χ1) is 11.8. The van der Waals surface area contributed by atoms with Crippen molar-refractivity contribution in [1.82, 2.24) is 0 Å². The van der Waals surface area contributed by atoms with Gasteiger partial charge in [0, 0.05) is 13.1 Å². The molecule has 3 N–H and O–H groups in total. The molecule has 0 amide bonds. The second-order valence-corrected chi connectivity index (χ2v) is 6.79. The van der Waals surface area contributed by atoms with Crippen LogP contribution >= 0.6 is 0 Å². The molecule has 0 fully saturated rings. The van der Waals surface area contributed by atoms with Crippen molar-refractivity contribution in [2.75, 3.05) is 18.0 Å². The van der Waals surface area contributed by atoms with Crippen molar-refractivity contribution in [2.24, 2.45) is 5.14 Å². The number of carboxylic acid groups (broad SMARTS) is 1. The van der Waals surface area contributed by atoms with Gasteiger partial charge in [-0.15, -0.1) is 0 Å². The van der Waals surface area contributed by atoms with E-state index in [9.17, 15) is 18.3 Å². The Balaban J connectivity index is 2.77. The lowest BCUT2D eigenvalue weighted by Crippen LogP contribution is -2.24. The maximum absolute atomic E-state index is 12.1. The summed E-state index contributed by atoms with van der Waals surface area (Å²) in [6.45, 7) is 4.82. The molecule has 8 heteroatoms. The Kier molecular flexibility index (Phi) is 5.66. The average Bonchev–Trinajstić information content (AvgIpc) is 2.56. The number of para-hydroxylation sites is 1. The molecule has 7 nitrogen and oxygen atoms in total. The molecule has 2 aromatic carbocycles. The highest BCUT2D eigenvalue weighted by Gasteiger charge is 2.25. The number of ether oxygens (including phenoxy) is 1. The maximum Gasteiger partial charge on any atom is 0.335 e. The predicted molar refractivity (Wildman–Crippen MR) is 94.9 cm³/mol. The summed E-state index contributed by atoms with van der Waals surface area (Å²) in [6, 6.07) is 11.0. The van der Waals surface area contributed by atoms with Crippen LogP contribution in [0.3, 0.4) is 0 Å². The topological polar surface area (TPSA) is 110 Å². The number of sulfonamides is 1. The van der Waals surface area contributed by atoms with Crippen molar-refractivity contribution in [3.63, 3.8) is 0 Å². The monoisotopic (exact) mass is 364 g/mol. The van der Waals surface area contributed by atoms with E-state index in [1.54, 1.807) is 35.2 Å². The highest BCUT2D eigenvalue weighted by Crippen LogP contribution is 2.39. The van der Waals surface area contributed by atoms with Gasteiger partial charge < -0.3 is 14.7 Å². The van der Waals surface area contributed by atoms with Crippen LogP contribution < -0.4 is 14.8 Å². The number of hydrogen-bond donors (Lipinski definition) is 2. The lowest BCUT2D eigenvalue weighted by atomic mass is 10.1. The lowest BCUT2D eigenvalue weighted by molar-refractivity contribution is 0.0696. The first-order valence-electron chi connectivity index (χ1n) is 7.69. The van der Waals surface area contributed by atoms with Gasteiger partial charge in [0.25, 0.3) is 0 Å². The van der Waals surface area contributed by atoms with E-state index in [0.717, 1.165) is 6.07 Å². The van der Waals surface area contributed by atoms with Gasteiger partial charge in [0.05, 0.1) is 11.3 Å². The molecule has 0 saturated carbocycles. The van der Waals surface area contributed by atoms with E-state index in [1.165, 1.54) is 6.07 Å². The normalized spacial score (nSPS) is 11.2. The number of anilines is 1. The van der Waals surface area contributed by atoms with Crippen LogP contribution in [0.4, 0.5) is 5.69 Å². The minimum Gasteiger partial charge on any atom is -0.478 e. The Labute approximate surface area is 146 Å². The molecular weight excluding hydrogens is 344 g/mol. The molecule has 0 spiro atoms. The van der Waals surface area contributed by atoms with Gasteiger partial charge >= 0.3 is 5.97 Å². The second kappa shape index (κ2) is 7.54. The molecule has 0 aromatic heterocycles. The lowest BCUT2D eigenvalue weighted by Gasteiger charge is -2.25. The Hall–Kier alpha value is -2.58. The fourth-order valence-corrected chi connectivity index (χ4v) is 3.13.